The van der Waals surface area contributed by atoms with Crippen molar-refractivity contribution in [2.75, 3.05) is 23.0 Å². The van der Waals surface area contributed by atoms with Gasteiger partial charge in [-0.1, -0.05) is 48.2 Å². The third kappa shape index (κ3) is 5.09. The first kappa shape index (κ1) is 19.9. The molecule has 0 bridgehead atoms. The number of hydrogen-bond acceptors (Lipinski definition) is 5. The number of hydrogen-bond donors (Lipinski definition) is 2. The van der Waals surface area contributed by atoms with E-state index in [2.05, 4.69) is 10.3 Å². The summed E-state index contributed by atoms with van der Waals surface area (Å²) >= 11 is 7.06. The van der Waals surface area contributed by atoms with Gasteiger partial charge in [-0.25, -0.2) is 0 Å². The van der Waals surface area contributed by atoms with Crippen molar-refractivity contribution in [3.8, 4) is 0 Å². The fraction of sp³-hybridized carbons (Fsp3) is 0.0952. The van der Waals surface area contributed by atoms with E-state index in [1.54, 1.807) is 48.4 Å². The number of anilines is 3. The summed E-state index contributed by atoms with van der Waals surface area (Å²) < 4.78 is 0.759. The second-order valence-electron chi connectivity index (χ2n) is 6.06. The highest BCUT2D eigenvalue weighted by atomic mass is 32.2. The Morgan fingerprint density at radius 3 is 2.57 bits per heavy atom. The van der Waals surface area contributed by atoms with Gasteiger partial charge in [-0.3, -0.25) is 9.78 Å². The van der Waals surface area contributed by atoms with Crippen molar-refractivity contribution in [2.24, 2.45) is 0 Å². The quantitative estimate of drug-likeness (QED) is 0.476. The van der Waals surface area contributed by atoms with Gasteiger partial charge in [-0.15, -0.1) is 0 Å². The molecule has 0 saturated heterocycles. The molecule has 0 aliphatic rings. The van der Waals surface area contributed by atoms with E-state index < -0.39 is 0 Å². The minimum atomic E-state index is -0.191. The molecule has 0 radical (unpaired) electrons. The van der Waals surface area contributed by atoms with Crippen LogP contribution < -0.4 is 16.0 Å². The van der Waals surface area contributed by atoms with Crippen LogP contribution in [0.4, 0.5) is 17.1 Å². The van der Waals surface area contributed by atoms with Crippen molar-refractivity contribution in [3.63, 3.8) is 0 Å². The third-order valence-electron chi connectivity index (χ3n) is 4.09. The smallest absolute Gasteiger partial charge is 0.255 e. The maximum Gasteiger partial charge on any atom is 0.255 e. The van der Waals surface area contributed by atoms with Crippen molar-refractivity contribution in [1.29, 1.82) is 0 Å². The summed E-state index contributed by atoms with van der Waals surface area (Å²) in [6.07, 6.45) is 3.51. The molecule has 2 aromatic carbocycles. The van der Waals surface area contributed by atoms with Crippen LogP contribution in [0.2, 0.25) is 0 Å². The maximum atomic E-state index is 12.4. The van der Waals surface area contributed by atoms with Gasteiger partial charge in [0.15, 0.2) is 0 Å². The summed E-state index contributed by atoms with van der Waals surface area (Å²) in [6.45, 7) is 0. The number of carbonyl (C=O) groups is 1. The first-order valence-corrected chi connectivity index (χ1v) is 9.99. The lowest BCUT2D eigenvalue weighted by atomic mass is 10.1. The standard InChI is InChI=1S/C21H20N4OS2/c1-25(17-5-4-12-23-13-17)21(27)28-14-15-8-10-16(11-9-15)20(26)24-19-7-3-2-6-18(19)22/h2-13H,14,22H2,1H3,(H,24,26). The Balaban J connectivity index is 1.56. The van der Waals surface area contributed by atoms with Crippen molar-refractivity contribution in [3.05, 3.63) is 84.2 Å². The summed E-state index contributed by atoms with van der Waals surface area (Å²) in [4.78, 5) is 18.4. The Morgan fingerprint density at radius 1 is 1.14 bits per heavy atom. The number of pyridine rings is 1. The molecular formula is C21H20N4OS2. The Kier molecular flexibility index (Phi) is 6.62. The lowest BCUT2D eigenvalue weighted by Gasteiger charge is -2.19. The van der Waals surface area contributed by atoms with E-state index in [0.29, 0.717) is 16.9 Å². The predicted molar refractivity (Wildman–Crippen MR) is 122 cm³/mol. The van der Waals surface area contributed by atoms with Crippen molar-refractivity contribution in [1.82, 2.24) is 4.98 Å². The van der Waals surface area contributed by atoms with E-state index in [-0.39, 0.29) is 5.91 Å². The number of amides is 1. The van der Waals surface area contributed by atoms with Gasteiger partial charge in [0.1, 0.15) is 4.32 Å². The number of nitrogens with one attached hydrogen (secondary N) is 1. The highest BCUT2D eigenvalue weighted by molar-refractivity contribution is 8.22. The molecule has 142 valence electrons. The molecule has 3 N–H and O–H groups in total. The first-order valence-electron chi connectivity index (χ1n) is 8.60. The van der Waals surface area contributed by atoms with Crippen LogP contribution in [0.25, 0.3) is 0 Å². The van der Waals surface area contributed by atoms with Crippen LogP contribution in [-0.4, -0.2) is 22.3 Å². The monoisotopic (exact) mass is 408 g/mol. The molecule has 0 fully saturated rings. The summed E-state index contributed by atoms with van der Waals surface area (Å²) in [5.41, 5.74) is 9.63. The van der Waals surface area contributed by atoms with Crippen LogP contribution in [0.1, 0.15) is 15.9 Å². The second-order valence-corrected chi connectivity index (χ2v) is 7.67. The van der Waals surface area contributed by atoms with Crippen molar-refractivity contribution >= 4 is 51.3 Å². The zero-order valence-electron chi connectivity index (χ0n) is 15.3. The SMILES string of the molecule is CN(C(=S)SCc1ccc(C(=O)Nc2ccccc2N)cc1)c1cccnc1. The van der Waals surface area contributed by atoms with E-state index in [4.69, 9.17) is 18.0 Å². The lowest BCUT2D eigenvalue weighted by Crippen LogP contribution is -2.21. The molecule has 3 aromatic rings. The van der Waals surface area contributed by atoms with Gasteiger partial charge >= 0.3 is 0 Å². The van der Waals surface area contributed by atoms with Gasteiger partial charge in [0.25, 0.3) is 5.91 Å². The van der Waals surface area contributed by atoms with Crippen LogP contribution in [0.15, 0.2) is 73.1 Å². The average molecular weight is 409 g/mol. The fourth-order valence-electron chi connectivity index (χ4n) is 2.46. The predicted octanol–water partition coefficient (Wildman–Crippen LogP) is 4.57. The number of para-hydroxylation sites is 2. The van der Waals surface area contributed by atoms with Crippen LogP contribution >= 0.6 is 24.0 Å². The number of nitrogens with zero attached hydrogens (tertiary/aromatic N) is 2. The van der Waals surface area contributed by atoms with E-state index in [0.717, 1.165) is 21.3 Å². The van der Waals surface area contributed by atoms with Crippen LogP contribution in [-0.2, 0) is 5.75 Å². The number of carbonyl (C=O) groups excluding carboxylic acids is 1. The van der Waals surface area contributed by atoms with E-state index in [9.17, 15) is 4.79 Å². The molecule has 0 spiro atoms. The Hall–Kier alpha value is -2.90. The summed E-state index contributed by atoms with van der Waals surface area (Å²) in [7, 11) is 1.93. The molecule has 0 saturated carbocycles. The average Bonchev–Trinajstić information content (AvgIpc) is 2.74. The number of rotatable bonds is 5. The number of thioether (sulfide) groups is 1. The van der Waals surface area contributed by atoms with E-state index in [1.165, 1.54) is 0 Å². The molecular weight excluding hydrogens is 388 g/mol. The first-order chi connectivity index (χ1) is 13.5. The van der Waals surface area contributed by atoms with E-state index in [1.807, 2.05) is 48.3 Å². The van der Waals surface area contributed by atoms with Gasteiger partial charge in [-0.05, 0) is 42.0 Å². The van der Waals surface area contributed by atoms with Crippen LogP contribution in [0.3, 0.4) is 0 Å². The van der Waals surface area contributed by atoms with Gasteiger partial charge in [0.2, 0.25) is 0 Å². The van der Waals surface area contributed by atoms with Gasteiger partial charge in [-0.2, -0.15) is 0 Å². The second kappa shape index (κ2) is 9.34. The molecule has 28 heavy (non-hydrogen) atoms. The number of nitrogens with two attached hydrogens (primary N) is 1. The maximum absolute atomic E-state index is 12.4. The zero-order chi connectivity index (χ0) is 19.9. The van der Waals surface area contributed by atoms with Crippen LogP contribution in [0, 0.1) is 0 Å². The number of nitrogen functional groups attached to an aromatic ring is 1. The normalized spacial score (nSPS) is 10.3. The van der Waals surface area contributed by atoms with Gasteiger partial charge in [0.05, 0.1) is 23.3 Å². The molecule has 5 nitrogen and oxygen atoms in total. The number of aromatic nitrogens is 1. The highest BCUT2D eigenvalue weighted by Gasteiger charge is 2.10. The number of benzene rings is 2. The summed E-state index contributed by atoms with van der Waals surface area (Å²) in [5.74, 6) is 0.528. The molecule has 3 rings (SSSR count). The molecule has 0 aliphatic heterocycles. The van der Waals surface area contributed by atoms with Gasteiger partial charge < -0.3 is 16.0 Å². The number of thiocarbonyl (C=S) groups is 1. The van der Waals surface area contributed by atoms with Crippen molar-refractivity contribution in [2.45, 2.75) is 5.75 Å². The summed E-state index contributed by atoms with van der Waals surface area (Å²) in [5, 5.41) is 2.83. The minimum Gasteiger partial charge on any atom is -0.397 e. The fourth-order valence-corrected chi connectivity index (χ4v) is 3.52. The molecule has 0 atom stereocenters. The lowest BCUT2D eigenvalue weighted by molar-refractivity contribution is 0.102. The molecule has 1 aromatic heterocycles. The van der Waals surface area contributed by atoms with Crippen LogP contribution in [0.5, 0.6) is 0 Å². The highest BCUT2D eigenvalue weighted by Crippen LogP contribution is 2.21. The zero-order valence-corrected chi connectivity index (χ0v) is 17.0. The molecule has 1 amide bonds. The van der Waals surface area contributed by atoms with E-state index >= 15 is 0 Å². The molecule has 1 heterocycles. The largest absolute Gasteiger partial charge is 0.397 e. The Bertz CT molecular complexity index is 962. The van der Waals surface area contributed by atoms with Gasteiger partial charge in [0, 0.05) is 24.6 Å². The molecule has 0 aliphatic carbocycles. The Labute approximate surface area is 174 Å². The molecule has 0 unspecified atom stereocenters. The van der Waals surface area contributed by atoms with Crippen molar-refractivity contribution < 1.29 is 4.79 Å². The minimum absolute atomic E-state index is 0.191. The molecule has 7 heteroatoms. The Morgan fingerprint density at radius 2 is 1.89 bits per heavy atom. The summed E-state index contributed by atoms with van der Waals surface area (Å²) in [6, 6.07) is 18.5. The third-order valence-corrected chi connectivity index (χ3v) is 5.72. The topological polar surface area (TPSA) is 71.2 Å².